The molecule has 0 bridgehead atoms. The van der Waals surface area contributed by atoms with E-state index in [1.165, 1.54) is 5.56 Å². The smallest absolute Gasteiger partial charge is 0.226 e. The van der Waals surface area contributed by atoms with Crippen molar-refractivity contribution in [2.24, 2.45) is 0 Å². The summed E-state index contributed by atoms with van der Waals surface area (Å²) in [6.07, 6.45) is 0. The lowest BCUT2D eigenvalue weighted by atomic mass is 10.0. The lowest BCUT2D eigenvalue weighted by Crippen LogP contribution is -2.46. The predicted octanol–water partition coefficient (Wildman–Crippen LogP) is 2.01. The third kappa shape index (κ3) is 3.15. The topological polar surface area (TPSA) is 79.1 Å². The Morgan fingerprint density at radius 1 is 1.36 bits per heavy atom. The summed E-state index contributed by atoms with van der Waals surface area (Å²) in [5.74, 6) is 1.88. The zero-order valence-corrected chi connectivity index (χ0v) is 14.0. The van der Waals surface area contributed by atoms with E-state index in [0.717, 1.165) is 29.9 Å². The molecule has 6 nitrogen and oxygen atoms in total. The van der Waals surface area contributed by atoms with E-state index >= 15 is 0 Å². The maximum Gasteiger partial charge on any atom is 0.226 e. The average molecular weight is 363 g/mol. The standard InChI is InChI=1S/C15H19BrN6/c1-18-15-20-13(17)8-14(21-15)22-7-6-19-12(9-22)10-4-2-3-5-11(10)16/h2-5,8,12,19H,6-7,9H2,1H3,(H3,17,18,20,21)/t12-/m0/s1. The highest BCUT2D eigenvalue weighted by Gasteiger charge is 2.23. The SMILES string of the molecule is CNc1nc(N)cc(N2CCN[C@H](c3ccccc3Br)C2)n1. The molecule has 7 heteroatoms. The second-order valence-corrected chi connectivity index (χ2v) is 6.05. The Labute approximate surface area is 138 Å². The van der Waals surface area contributed by atoms with Crippen LogP contribution in [0.5, 0.6) is 0 Å². The molecule has 1 saturated heterocycles. The molecular formula is C15H19BrN6. The molecule has 1 aliphatic heterocycles. The lowest BCUT2D eigenvalue weighted by Gasteiger charge is -2.35. The molecular weight excluding hydrogens is 344 g/mol. The molecule has 1 fully saturated rings. The Hall–Kier alpha value is -1.86. The number of piperazine rings is 1. The average Bonchev–Trinajstić information content (AvgIpc) is 2.55. The van der Waals surface area contributed by atoms with Gasteiger partial charge in [-0.3, -0.25) is 0 Å². The summed E-state index contributed by atoms with van der Waals surface area (Å²) in [6, 6.07) is 10.4. The van der Waals surface area contributed by atoms with Crippen LogP contribution < -0.4 is 21.3 Å². The van der Waals surface area contributed by atoms with Gasteiger partial charge < -0.3 is 21.3 Å². The Morgan fingerprint density at radius 3 is 2.95 bits per heavy atom. The van der Waals surface area contributed by atoms with Crippen LogP contribution in [0.3, 0.4) is 0 Å². The third-order valence-corrected chi connectivity index (χ3v) is 4.46. The van der Waals surface area contributed by atoms with Gasteiger partial charge >= 0.3 is 0 Å². The third-order valence-electron chi connectivity index (χ3n) is 3.74. The van der Waals surface area contributed by atoms with Crippen molar-refractivity contribution in [3.63, 3.8) is 0 Å². The van der Waals surface area contributed by atoms with Crippen molar-refractivity contribution < 1.29 is 0 Å². The number of benzene rings is 1. The van der Waals surface area contributed by atoms with Crippen LogP contribution in [0.1, 0.15) is 11.6 Å². The highest BCUT2D eigenvalue weighted by atomic mass is 79.9. The normalized spacial score (nSPS) is 18.3. The second-order valence-electron chi connectivity index (χ2n) is 5.20. The molecule has 22 heavy (non-hydrogen) atoms. The van der Waals surface area contributed by atoms with Gasteiger partial charge in [-0.15, -0.1) is 0 Å². The summed E-state index contributed by atoms with van der Waals surface area (Å²) in [5, 5.41) is 6.50. The molecule has 1 atom stereocenters. The van der Waals surface area contributed by atoms with E-state index in [-0.39, 0.29) is 6.04 Å². The highest BCUT2D eigenvalue weighted by Crippen LogP contribution is 2.27. The number of anilines is 3. The summed E-state index contributed by atoms with van der Waals surface area (Å²) in [7, 11) is 1.79. The molecule has 0 unspecified atom stereocenters. The first kappa shape index (κ1) is 15.1. The molecule has 1 aromatic carbocycles. The summed E-state index contributed by atoms with van der Waals surface area (Å²) < 4.78 is 1.12. The van der Waals surface area contributed by atoms with Gasteiger partial charge in [-0.2, -0.15) is 9.97 Å². The number of nitrogens with one attached hydrogen (secondary N) is 2. The molecule has 1 aliphatic rings. The van der Waals surface area contributed by atoms with E-state index in [1.807, 2.05) is 12.1 Å². The van der Waals surface area contributed by atoms with Crippen molar-refractivity contribution in [1.82, 2.24) is 15.3 Å². The number of nitrogens with two attached hydrogens (primary N) is 1. The number of rotatable bonds is 3. The minimum Gasteiger partial charge on any atom is -0.383 e. The number of hydrogen-bond acceptors (Lipinski definition) is 6. The van der Waals surface area contributed by atoms with Gasteiger partial charge in [-0.05, 0) is 11.6 Å². The van der Waals surface area contributed by atoms with Crippen molar-refractivity contribution in [3.05, 3.63) is 40.4 Å². The van der Waals surface area contributed by atoms with Crippen LogP contribution >= 0.6 is 15.9 Å². The summed E-state index contributed by atoms with van der Waals surface area (Å²) in [5.41, 5.74) is 7.12. The summed E-state index contributed by atoms with van der Waals surface area (Å²) in [6.45, 7) is 2.62. The van der Waals surface area contributed by atoms with Crippen LogP contribution in [-0.4, -0.2) is 36.6 Å². The largest absolute Gasteiger partial charge is 0.383 e. The van der Waals surface area contributed by atoms with Gasteiger partial charge in [0.15, 0.2) is 0 Å². The molecule has 0 aliphatic carbocycles. The fourth-order valence-corrected chi connectivity index (χ4v) is 3.21. The molecule has 3 rings (SSSR count). The van der Waals surface area contributed by atoms with Gasteiger partial charge in [-0.1, -0.05) is 34.1 Å². The first-order valence-corrected chi connectivity index (χ1v) is 8.01. The molecule has 0 spiro atoms. The molecule has 4 N–H and O–H groups in total. The van der Waals surface area contributed by atoms with E-state index in [0.29, 0.717) is 11.8 Å². The van der Waals surface area contributed by atoms with Gasteiger partial charge in [0.25, 0.3) is 0 Å². The maximum absolute atomic E-state index is 5.87. The lowest BCUT2D eigenvalue weighted by molar-refractivity contribution is 0.468. The van der Waals surface area contributed by atoms with E-state index in [4.69, 9.17) is 5.73 Å². The van der Waals surface area contributed by atoms with Crippen LogP contribution in [0.2, 0.25) is 0 Å². The number of nitrogen functional groups attached to an aromatic ring is 1. The monoisotopic (exact) mass is 362 g/mol. The van der Waals surface area contributed by atoms with Gasteiger partial charge in [0.05, 0.1) is 6.04 Å². The summed E-state index contributed by atoms with van der Waals surface area (Å²) >= 11 is 3.63. The van der Waals surface area contributed by atoms with E-state index in [1.54, 1.807) is 7.05 Å². The molecule has 1 aromatic heterocycles. The Balaban J connectivity index is 1.84. The zero-order valence-electron chi connectivity index (χ0n) is 12.4. The van der Waals surface area contributed by atoms with Gasteiger partial charge in [0, 0.05) is 37.2 Å². The number of hydrogen-bond donors (Lipinski definition) is 3. The quantitative estimate of drug-likeness (QED) is 0.774. The van der Waals surface area contributed by atoms with E-state index in [2.05, 4.69) is 59.6 Å². The van der Waals surface area contributed by atoms with Crippen molar-refractivity contribution in [1.29, 1.82) is 0 Å². The first-order chi connectivity index (χ1) is 10.7. The second kappa shape index (κ2) is 6.50. The Morgan fingerprint density at radius 2 is 2.18 bits per heavy atom. The molecule has 116 valence electrons. The predicted molar refractivity (Wildman–Crippen MR) is 93.1 cm³/mol. The molecule has 2 aromatic rings. The molecule has 0 amide bonds. The van der Waals surface area contributed by atoms with Crippen LogP contribution in [0, 0.1) is 0 Å². The molecule has 0 saturated carbocycles. The number of nitrogens with zero attached hydrogens (tertiary/aromatic N) is 3. The Bertz CT molecular complexity index is 662. The van der Waals surface area contributed by atoms with Crippen LogP contribution in [0.25, 0.3) is 0 Å². The molecule has 0 radical (unpaired) electrons. The minimum atomic E-state index is 0.249. The zero-order chi connectivity index (χ0) is 15.5. The fourth-order valence-electron chi connectivity index (χ4n) is 2.65. The van der Waals surface area contributed by atoms with Crippen molar-refractivity contribution in [3.8, 4) is 0 Å². The fraction of sp³-hybridized carbons (Fsp3) is 0.333. The van der Waals surface area contributed by atoms with Gasteiger partial charge in [0.1, 0.15) is 11.6 Å². The van der Waals surface area contributed by atoms with E-state index in [9.17, 15) is 0 Å². The van der Waals surface area contributed by atoms with Gasteiger partial charge in [-0.25, -0.2) is 0 Å². The van der Waals surface area contributed by atoms with Gasteiger partial charge in [0.2, 0.25) is 5.95 Å². The Kier molecular flexibility index (Phi) is 4.44. The minimum absolute atomic E-state index is 0.249. The van der Waals surface area contributed by atoms with Crippen LogP contribution in [-0.2, 0) is 0 Å². The summed E-state index contributed by atoms with van der Waals surface area (Å²) in [4.78, 5) is 10.9. The van der Waals surface area contributed by atoms with E-state index < -0.39 is 0 Å². The van der Waals surface area contributed by atoms with Crippen LogP contribution in [0.15, 0.2) is 34.8 Å². The first-order valence-electron chi connectivity index (χ1n) is 7.22. The number of halogens is 1. The molecule has 2 heterocycles. The maximum atomic E-state index is 5.87. The van der Waals surface area contributed by atoms with Crippen molar-refractivity contribution >= 4 is 33.5 Å². The highest BCUT2D eigenvalue weighted by molar-refractivity contribution is 9.10. The number of aromatic nitrogens is 2. The van der Waals surface area contributed by atoms with Crippen LogP contribution in [0.4, 0.5) is 17.6 Å². The van der Waals surface area contributed by atoms with Crippen molar-refractivity contribution in [2.75, 3.05) is 42.6 Å². The van der Waals surface area contributed by atoms with Crippen molar-refractivity contribution in [2.45, 2.75) is 6.04 Å².